The van der Waals surface area contributed by atoms with E-state index >= 15 is 0 Å². The molecule has 1 N–H and O–H groups in total. The molecule has 1 saturated heterocycles. The lowest BCUT2D eigenvalue weighted by Crippen LogP contribution is -2.44. The largest absolute Gasteiger partial charge is 0.310 e. The van der Waals surface area contributed by atoms with Crippen LogP contribution >= 0.6 is 0 Å². The standard InChI is InChI=1S/C9H17NO2S/c1-9(10-6-8-2-3-8)4-5-13(11,12)7-9/h8,10H,2-7H2,1H3. The van der Waals surface area contributed by atoms with Crippen molar-refractivity contribution in [2.24, 2.45) is 5.92 Å². The maximum atomic E-state index is 11.3. The summed E-state index contributed by atoms with van der Waals surface area (Å²) in [6.45, 7) is 3.03. The molecule has 2 rings (SSSR count). The minimum Gasteiger partial charge on any atom is -0.310 e. The van der Waals surface area contributed by atoms with Gasteiger partial charge in [-0.3, -0.25) is 0 Å². The topological polar surface area (TPSA) is 46.2 Å². The molecule has 76 valence electrons. The summed E-state index contributed by atoms with van der Waals surface area (Å²) < 4.78 is 22.5. The zero-order valence-electron chi connectivity index (χ0n) is 8.04. The molecule has 1 saturated carbocycles. The first-order valence-corrected chi connectivity index (χ1v) is 6.77. The lowest BCUT2D eigenvalue weighted by molar-refractivity contribution is 0.389. The molecule has 0 aromatic carbocycles. The van der Waals surface area contributed by atoms with E-state index < -0.39 is 9.84 Å². The van der Waals surface area contributed by atoms with Crippen molar-refractivity contribution in [3.63, 3.8) is 0 Å². The van der Waals surface area contributed by atoms with Crippen molar-refractivity contribution in [3.8, 4) is 0 Å². The monoisotopic (exact) mass is 203 g/mol. The number of rotatable bonds is 3. The van der Waals surface area contributed by atoms with Crippen LogP contribution in [0.3, 0.4) is 0 Å². The Balaban J connectivity index is 1.89. The predicted molar refractivity (Wildman–Crippen MR) is 52.4 cm³/mol. The molecule has 4 heteroatoms. The highest BCUT2D eigenvalue weighted by Crippen LogP contribution is 2.30. The maximum Gasteiger partial charge on any atom is 0.152 e. The van der Waals surface area contributed by atoms with Crippen molar-refractivity contribution in [3.05, 3.63) is 0 Å². The van der Waals surface area contributed by atoms with Crippen molar-refractivity contribution < 1.29 is 8.42 Å². The average molecular weight is 203 g/mol. The van der Waals surface area contributed by atoms with Crippen molar-refractivity contribution in [2.75, 3.05) is 18.1 Å². The summed E-state index contributed by atoms with van der Waals surface area (Å²) in [6.07, 6.45) is 3.41. The van der Waals surface area contributed by atoms with Gasteiger partial charge in [0.15, 0.2) is 9.84 Å². The van der Waals surface area contributed by atoms with Crippen LogP contribution in [0.4, 0.5) is 0 Å². The van der Waals surface area contributed by atoms with Gasteiger partial charge < -0.3 is 5.32 Å². The van der Waals surface area contributed by atoms with E-state index in [-0.39, 0.29) is 5.54 Å². The van der Waals surface area contributed by atoms with Gasteiger partial charge in [0.2, 0.25) is 0 Å². The van der Waals surface area contributed by atoms with Gasteiger partial charge in [-0.15, -0.1) is 0 Å². The fourth-order valence-electron chi connectivity index (χ4n) is 1.86. The first kappa shape index (κ1) is 9.46. The Kier molecular flexibility index (Phi) is 2.15. The van der Waals surface area contributed by atoms with E-state index in [0.717, 1.165) is 18.9 Å². The van der Waals surface area contributed by atoms with E-state index in [1.54, 1.807) is 0 Å². The van der Waals surface area contributed by atoms with Gasteiger partial charge in [-0.25, -0.2) is 8.42 Å². The lowest BCUT2D eigenvalue weighted by Gasteiger charge is -2.23. The highest BCUT2D eigenvalue weighted by atomic mass is 32.2. The minimum absolute atomic E-state index is 0.137. The Morgan fingerprint density at radius 1 is 1.46 bits per heavy atom. The molecule has 0 bridgehead atoms. The molecular weight excluding hydrogens is 186 g/mol. The summed E-state index contributed by atoms with van der Waals surface area (Å²) in [4.78, 5) is 0. The van der Waals surface area contributed by atoms with Crippen LogP contribution in [0, 0.1) is 5.92 Å². The normalized spacial score (nSPS) is 37.9. The first-order valence-electron chi connectivity index (χ1n) is 4.95. The quantitative estimate of drug-likeness (QED) is 0.729. The van der Waals surface area contributed by atoms with Crippen LogP contribution in [0.15, 0.2) is 0 Å². The summed E-state index contributed by atoms with van der Waals surface area (Å²) in [5.41, 5.74) is -0.137. The molecule has 0 spiro atoms. The molecule has 0 aromatic heterocycles. The fourth-order valence-corrected chi connectivity index (χ4v) is 3.99. The molecule has 1 heterocycles. The van der Waals surface area contributed by atoms with Crippen LogP contribution in [-0.2, 0) is 9.84 Å². The van der Waals surface area contributed by atoms with Gasteiger partial charge in [0.1, 0.15) is 0 Å². The number of hydrogen-bond acceptors (Lipinski definition) is 3. The number of nitrogens with one attached hydrogen (secondary N) is 1. The van der Waals surface area contributed by atoms with Crippen LogP contribution in [0.5, 0.6) is 0 Å². The zero-order chi connectivity index (χ0) is 9.53. The summed E-state index contributed by atoms with van der Waals surface area (Å²) in [7, 11) is -2.74. The van der Waals surface area contributed by atoms with E-state index in [4.69, 9.17) is 0 Å². The van der Waals surface area contributed by atoms with Crippen LogP contribution in [0.2, 0.25) is 0 Å². The van der Waals surface area contributed by atoms with E-state index in [1.165, 1.54) is 12.8 Å². The van der Waals surface area contributed by atoms with Gasteiger partial charge in [-0.05, 0) is 38.6 Å². The second-order valence-electron chi connectivity index (χ2n) is 4.73. The van der Waals surface area contributed by atoms with Gasteiger partial charge in [0.25, 0.3) is 0 Å². The zero-order valence-corrected chi connectivity index (χ0v) is 8.86. The third-order valence-electron chi connectivity index (χ3n) is 3.02. The molecule has 2 fully saturated rings. The second-order valence-corrected chi connectivity index (χ2v) is 6.91. The molecule has 13 heavy (non-hydrogen) atoms. The Morgan fingerprint density at radius 2 is 2.15 bits per heavy atom. The molecule has 1 aliphatic heterocycles. The summed E-state index contributed by atoms with van der Waals surface area (Å²) in [5, 5.41) is 3.40. The molecule has 0 aromatic rings. The molecule has 1 aliphatic carbocycles. The second kappa shape index (κ2) is 2.95. The van der Waals surface area contributed by atoms with Gasteiger partial charge in [-0.1, -0.05) is 0 Å². The third kappa shape index (κ3) is 2.44. The Morgan fingerprint density at radius 3 is 2.62 bits per heavy atom. The lowest BCUT2D eigenvalue weighted by atomic mass is 10.0. The van der Waals surface area contributed by atoms with Gasteiger partial charge in [0.05, 0.1) is 11.5 Å². The molecule has 1 atom stereocenters. The summed E-state index contributed by atoms with van der Waals surface area (Å²) in [5.74, 6) is 1.51. The number of hydrogen-bond donors (Lipinski definition) is 1. The smallest absolute Gasteiger partial charge is 0.152 e. The van der Waals surface area contributed by atoms with Crippen LogP contribution in [0.25, 0.3) is 0 Å². The molecular formula is C9H17NO2S. The van der Waals surface area contributed by atoms with Crippen LogP contribution < -0.4 is 5.32 Å². The molecule has 0 amide bonds. The number of sulfone groups is 1. The van der Waals surface area contributed by atoms with Gasteiger partial charge in [0, 0.05) is 5.54 Å². The Bertz CT molecular complexity index is 295. The molecule has 1 unspecified atom stereocenters. The first-order chi connectivity index (χ1) is 5.99. The third-order valence-corrected chi connectivity index (χ3v) is 4.92. The van der Waals surface area contributed by atoms with Crippen LogP contribution in [-0.4, -0.2) is 32.0 Å². The van der Waals surface area contributed by atoms with Crippen molar-refractivity contribution >= 4 is 9.84 Å². The highest BCUT2D eigenvalue weighted by Gasteiger charge is 2.38. The minimum atomic E-state index is -2.74. The summed E-state index contributed by atoms with van der Waals surface area (Å²) in [6, 6.07) is 0. The predicted octanol–water partition coefficient (Wildman–Crippen LogP) is 0.563. The van der Waals surface area contributed by atoms with Crippen LogP contribution in [0.1, 0.15) is 26.2 Å². The van der Waals surface area contributed by atoms with E-state index in [0.29, 0.717) is 11.5 Å². The average Bonchev–Trinajstić information content (AvgIpc) is 2.77. The molecule has 0 radical (unpaired) electrons. The van der Waals surface area contributed by atoms with E-state index in [9.17, 15) is 8.42 Å². The maximum absolute atomic E-state index is 11.3. The van der Waals surface area contributed by atoms with Gasteiger partial charge >= 0.3 is 0 Å². The van der Waals surface area contributed by atoms with E-state index in [1.807, 2.05) is 6.92 Å². The molecule has 3 nitrogen and oxygen atoms in total. The van der Waals surface area contributed by atoms with Crippen molar-refractivity contribution in [2.45, 2.75) is 31.7 Å². The SMILES string of the molecule is CC1(NCC2CC2)CCS(=O)(=O)C1. The van der Waals surface area contributed by atoms with E-state index in [2.05, 4.69) is 5.32 Å². The molecule has 2 aliphatic rings. The highest BCUT2D eigenvalue weighted by molar-refractivity contribution is 7.91. The fraction of sp³-hybridized carbons (Fsp3) is 1.00. The van der Waals surface area contributed by atoms with Gasteiger partial charge in [-0.2, -0.15) is 0 Å². The Hall–Kier alpha value is -0.0900. The van der Waals surface area contributed by atoms with Crippen molar-refractivity contribution in [1.29, 1.82) is 0 Å². The Labute approximate surface area is 79.8 Å². The van der Waals surface area contributed by atoms with Crippen molar-refractivity contribution in [1.82, 2.24) is 5.32 Å². The summed E-state index contributed by atoms with van der Waals surface area (Å²) >= 11 is 0.